The van der Waals surface area contributed by atoms with Gasteiger partial charge in [-0.15, -0.1) is 0 Å². The zero-order valence-electron chi connectivity index (χ0n) is 14.5. The number of rotatable bonds is 6. The Morgan fingerprint density at radius 3 is 2.36 bits per heavy atom. The van der Waals surface area contributed by atoms with Crippen molar-refractivity contribution in [2.75, 3.05) is 6.54 Å². The second kappa shape index (κ2) is 8.43. The van der Waals surface area contributed by atoms with Crippen LogP contribution in [-0.4, -0.2) is 35.5 Å². The Labute approximate surface area is 148 Å². The second-order valence-electron chi connectivity index (χ2n) is 7.12. The predicted octanol–water partition coefficient (Wildman–Crippen LogP) is 2.95. The summed E-state index contributed by atoms with van der Waals surface area (Å²) in [7, 11) is 0. The van der Waals surface area contributed by atoms with E-state index in [0.717, 1.165) is 44.1 Å². The molecule has 2 N–H and O–H groups in total. The highest BCUT2D eigenvalue weighted by Crippen LogP contribution is 2.28. The van der Waals surface area contributed by atoms with Crippen LogP contribution in [0.1, 0.15) is 50.5 Å². The molecule has 0 atom stereocenters. The molecule has 3 amide bonds. The van der Waals surface area contributed by atoms with E-state index in [1.165, 1.54) is 18.6 Å². The lowest BCUT2D eigenvalue weighted by Crippen LogP contribution is -2.48. The first-order valence-electron chi connectivity index (χ1n) is 9.19. The number of nitrogens with one attached hydrogen (secondary N) is 2. The van der Waals surface area contributed by atoms with Gasteiger partial charge in [0.1, 0.15) is 5.82 Å². The zero-order valence-corrected chi connectivity index (χ0v) is 14.5. The summed E-state index contributed by atoms with van der Waals surface area (Å²) in [6, 6.07) is 6.49. The van der Waals surface area contributed by atoms with Gasteiger partial charge in [0.25, 0.3) is 0 Å². The number of amides is 3. The molecule has 0 spiro atoms. The fraction of sp³-hybridized carbons (Fsp3) is 0.579. The highest BCUT2D eigenvalue weighted by molar-refractivity contribution is 5.95. The third kappa shape index (κ3) is 5.81. The predicted molar refractivity (Wildman–Crippen MR) is 93.4 cm³/mol. The molecule has 0 heterocycles. The van der Waals surface area contributed by atoms with Crippen LogP contribution in [0.3, 0.4) is 0 Å². The normalized spacial score (nSPS) is 18.2. The highest BCUT2D eigenvalue weighted by atomic mass is 19.1. The van der Waals surface area contributed by atoms with Crippen molar-refractivity contribution in [1.29, 1.82) is 0 Å². The lowest BCUT2D eigenvalue weighted by molar-refractivity contribution is -0.121. The number of halogens is 1. The quantitative estimate of drug-likeness (QED) is 0.832. The maximum absolute atomic E-state index is 13.0. The summed E-state index contributed by atoms with van der Waals surface area (Å²) in [4.78, 5) is 26.2. The van der Waals surface area contributed by atoms with Gasteiger partial charge >= 0.3 is 6.03 Å². The fourth-order valence-corrected chi connectivity index (χ4v) is 3.40. The van der Waals surface area contributed by atoms with Gasteiger partial charge in [0.15, 0.2) is 0 Å². The third-order valence-electron chi connectivity index (χ3n) is 4.90. The van der Waals surface area contributed by atoms with E-state index in [2.05, 4.69) is 15.5 Å². The molecule has 0 unspecified atom stereocenters. The molecule has 0 aliphatic heterocycles. The number of imide groups is 1. The molecule has 136 valence electrons. The van der Waals surface area contributed by atoms with Gasteiger partial charge in [0, 0.05) is 18.6 Å². The minimum atomic E-state index is -0.394. The number of carbonyl (C=O) groups is 2. The molecule has 3 rings (SSSR count). The van der Waals surface area contributed by atoms with Gasteiger partial charge < -0.3 is 5.32 Å². The van der Waals surface area contributed by atoms with E-state index in [9.17, 15) is 14.0 Å². The van der Waals surface area contributed by atoms with Crippen LogP contribution in [0.2, 0.25) is 0 Å². The average Bonchev–Trinajstić information content (AvgIpc) is 3.42. The van der Waals surface area contributed by atoms with Crippen molar-refractivity contribution in [3.63, 3.8) is 0 Å². The minimum Gasteiger partial charge on any atom is -0.335 e. The van der Waals surface area contributed by atoms with Crippen molar-refractivity contribution in [3.8, 4) is 0 Å². The number of benzene rings is 1. The third-order valence-corrected chi connectivity index (χ3v) is 4.90. The van der Waals surface area contributed by atoms with Gasteiger partial charge in [-0.3, -0.25) is 15.0 Å². The molecule has 2 saturated carbocycles. The summed E-state index contributed by atoms with van der Waals surface area (Å²) >= 11 is 0. The zero-order chi connectivity index (χ0) is 17.6. The topological polar surface area (TPSA) is 61.4 Å². The van der Waals surface area contributed by atoms with Crippen molar-refractivity contribution in [2.24, 2.45) is 0 Å². The average molecular weight is 347 g/mol. The molecular weight excluding hydrogens is 321 g/mol. The van der Waals surface area contributed by atoms with Gasteiger partial charge in [-0.05, 0) is 43.4 Å². The summed E-state index contributed by atoms with van der Waals surface area (Å²) in [6.07, 6.45) is 7.57. The number of urea groups is 1. The van der Waals surface area contributed by atoms with E-state index in [4.69, 9.17) is 0 Å². The summed E-state index contributed by atoms with van der Waals surface area (Å²) < 4.78 is 13.0. The Bertz CT molecular complexity index is 595. The molecule has 1 aromatic rings. The van der Waals surface area contributed by atoms with Crippen molar-refractivity contribution < 1.29 is 14.0 Å². The van der Waals surface area contributed by atoms with E-state index in [0.29, 0.717) is 12.6 Å². The maximum Gasteiger partial charge on any atom is 0.321 e. The van der Waals surface area contributed by atoms with E-state index in [-0.39, 0.29) is 24.3 Å². The van der Waals surface area contributed by atoms with Crippen molar-refractivity contribution >= 4 is 11.9 Å². The van der Waals surface area contributed by atoms with Gasteiger partial charge in [0.2, 0.25) is 5.91 Å². The maximum atomic E-state index is 13.0. The van der Waals surface area contributed by atoms with E-state index < -0.39 is 6.03 Å². The Kier molecular flexibility index (Phi) is 6.02. The van der Waals surface area contributed by atoms with Gasteiger partial charge in [0.05, 0.1) is 6.54 Å². The second-order valence-corrected chi connectivity index (χ2v) is 7.12. The molecule has 2 aliphatic rings. The lowest BCUT2D eigenvalue weighted by atomic mass is 9.96. The molecule has 0 bridgehead atoms. The van der Waals surface area contributed by atoms with E-state index in [1.807, 2.05) is 0 Å². The van der Waals surface area contributed by atoms with Crippen LogP contribution in [0.25, 0.3) is 0 Å². The van der Waals surface area contributed by atoms with Crippen LogP contribution in [-0.2, 0) is 11.3 Å². The molecule has 2 aliphatic carbocycles. The van der Waals surface area contributed by atoms with Crippen LogP contribution in [0, 0.1) is 5.82 Å². The smallest absolute Gasteiger partial charge is 0.321 e. The molecule has 1 aromatic carbocycles. The molecule has 2 fully saturated rings. The molecular formula is C19H26FN3O2. The first kappa shape index (κ1) is 17.9. The van der Waals surface area contributed by atoms with Gasteiger partial charge in [-0.2, -0.15) is 0 Å². The van der Waals surface area contributed by atoms with Crippen molar-refractivity contribution in [2.45, 2.75) is 63.6 Å². The first-order valence-corrected chi connectivity index (χ1v) is 9.19. The fourth-order valence-electron chi connectivity index (χ4n) is 3.40. The molecule has 25 heavy (non-hydrogen) atoms. The van der Waals surface area contributed by atoms with Crippen LogP contribution >= 0.6 is 0 Å². The van der Waals surface area contributed by atoms with Crippen LogP contribution < -0.4 is 10.6 Å². The standard InChI is InChI=1S/C19H26FN3O2/c20-15-8-6-14(7-9-15)12-23(17-10-11-17)13-18(24)22-19(25)21-16-4-2-1-3-5-16/h6-9,16-17H,1-5,10-13H2,(H2,21,22,24,25). The van der Waals surface area contributed by atoms with Gasteiger partial charge in [-0.25, -0.2) is 9.18 Å². The molecule has 0 radical (unpaired) electrons. The Balaban J connectivity index is 1.47. The molecule has 6 heteroatoms. The van der Waals surface area contributed by atoms with Crippen molar-refractivity contribution in [1.82, 2.24) is 15.5 Å². The lowest BCUT2D eigenvalue weighted by Gasteiger charge is -2.24. The summed E-state index contributed by atoms with van der Waals surface area (Å²) in [5.74, 6) is -0.554. The monoisotopic (exact) mass is 347 g/mol. The number of nitrogens with zero attached hydrogens (tertiary/aromatic N) is 1. The van der Waals surface area contributed by atoms with E-state index >= 15 is 0 Å². The summed E-state index contributed by atoms with van der Waals surface area (Å²) in [5.41, 5.74) is 0.966. The van der Waals surface area contributed by atoms with Gasteiger partial charge in [-0.1, -0.05) is 31.4 Å². The minimum absolute atomic E-state index is 0.181. The van der Waals surface area contributed by atoms with Crippen LogP contribution in [0.15, 0.2) is 24.3 Å². The number of hydrogen-bond acceptors (Lipinski definition) is 3. The Morgan fingerprint density at radius 1 is 1.04 bits per heavy atom. The SMILES string of the molecule is O=C(CN(Cc1ccc(F)cc1)C1CC1)NC(=O)NC1CCCCC1. The Hall–Kier alpha value is -1.95. The Morgan fingerprint density at radius 2 is 1.72 bits per heavy atom. The van der Waals surface area contributed by atoms with Crippen LogP contribution in [0.5, 0.6) is 0 Å². The van der Waals surface area contributed by atoms with E-state index in [1.54, 1.807) is 12.1 Å². The summed E-state index contributed by atoms with van der Waals surface area (Å²) in [6.45, 7) is 0.767. The summed E-state index contributed by atoms with van der Waals surface area (Å²) in [5, 5.41) is 5.34. The number of hydrogen-bond donors (Lipinski definition) is 2. The first-order chi connectivity index (χ1) is 12.1. The molecule has 5 nitrogen and oxygen atoms in total. The van der Waals surface area contributed by atoms with Crippen LogP contribution in [0.4, 0.5) is 9.18 Å². The molecule has 0 aromatic heterocycles. The van der Waals surface area contributed by atoms with Crippen molar-refractivity contribution in [3.05, 3.63) is 35.6 Å². The largest absolute Gasteiger partial charge is 0.335 e. The molecule has 0 saturated heterocycles. The highest BCUT2D eigenvalue weighted by Gasteiger charge is 2.30. The number of carbonyl (C=O) groups excluding carboxylic acids is 2.